The number of aryl methyl sites for hydroxylation is 3. The number of nitrogens with one attached hydrogen (secondary N) is 1. The molecule has 0 amide bonds. The average molecular weight is 249 g/mol. The Morgan fingerprint density at radius 1 is 1.17 bits per heavy atom. The van der Waals surface area contributed by atoms with Gasteiger partial charge in [0.2, 0.25) is 0 Å². The van der Waals surface area contributed by atoms with Crippen molar-refractivity contribution >= 4 is 0 Å². The predicted molar refractivity (Wildman–Crippen MR) is 78.5 cm³/mol. The number of benzene rings is 1. The van der Waals surface area contributed by atoms with Crippen molar-refractivity contribution in [1.29, 1.82) is 0 Å². The molecule has 1 N–H and O–H groups in total. The van der Waals surface area contributed by atoms with Crippen molar-refractivity contribution in [3.8, 4) is 5.75 Å². The maximum Gasteiger partial charge on any atom is 0.122 e. The summed E-state index contributed by atoms with van der Waals surface area (Å²) in [4.78, 5) is 0. The molecule has 1 rings (SSSR count). The van der Waals surface area contributed by atoms with E-state index in [2.05, 4.69) is 45.3 Å². The number of methoxy groups -OCH3 is 1. The first-order valence-electron chi connectivity index (χ1n) is 6.93. The number of ether oxygens (including phenoxy) is 1. The molecule has 2 nitrogen and oxygen atoms in total. The minimum atomic E-state index is 0.636. The van der Waals surface area contributed by atoms with Gasteiger partial charge in [0.05, 0.1) is 7.11 Å². The van der Waals surface area contributed by atoms with Crippen LogP contribution < -0.4 is 10.1 Å². The van der Waals surface area contributed by atoms with E-state index in [4.69, 9.17) is 4.74 Å². The summed E-state index contributed by atoms with van der Waals surface area (Å²) < 4.78 is 5.35. The molecule has 0 saturated heterocycles. The summed E-state index contributed by atoms with van der Waals surface area (Å²) >= 11 is 0. The highest BCUT2D eigenvalue weighted by Crippen LogP contribution is 2.23. The Hall–Kier alpha value is -1.02. The minimum absolute atomic E-state index is 0.636. The zero-order valence-electron chi connectivity index (χ0n) is 12.5. The zero-order valence-corrected chi connectivity index (χ0v) is 12.5. The zero-order chi connectivity index (χ0) is 13.5. The summed E-state index contributed by atoms with van der Waals surface area (Å²) in [5.74, 6) is 0.995. The van der Waals surface area contributed by atoms with Gasteiger partial charge in [0.25, 0.3) is 0 Å². The van der Waals surface area contributed by atoms with Crippen LogP contribution in [0.5, 0.6) is 5.75 Å². The SMILES string of the molecule is CCCC(CCc1cc(C)c(OC)cc1C)NC. The van der Waals surface area contributed by atoms with Crippen LogP contribution in [0.15, 0.2) is 12.1 Å². The molecule has 0 heterocycles. The summed E-state index contributed by atoms with van der Waals surface area (Å²) in [6, 6.07) is 5.06. The first kappa shape index (κ1) is 15.0. The summed E-state index contributed by atoms with van der Waals surface area (Å²) in [5.41, 5.74) is 4.02. The van der Waals surface area contributed by atoms with Crippen molar-refractivity contribution in [3.63, 3.8) is 0 Å². The van der Waals surface area contributed by atoms with Gasteiger partial charge in [0.15, 0.2) is 0 Å². The Kier molecular flexibility index (Phi) is 6.20. The summed E-state index contributed by atoms with van der Waals surface area (Å²) in [6.45, 7) is 6.53. The smallest absolute Gasteiger partial charge is 0.122 e. The molecule has 0 fully saturated rings. The number of hydrogen-bond donors (Lipinski definition) is 1. The Morgan fingerprint density at radius 2 is 1.89 bits per heavy atom. The van der Waals surface area contributed by atoms with E-state index in [9.17, 15) is 0 Å². The lowest BCUT2D eigenvalue weighted by atomic mass is 9.97. The van der Waals surface area contributed by atoms with Gasteiger partial charge >= 0.3 is 0 Å². The largest absolute Gasteiger partial charge is 0.496 e. The second kappa shape index (κ2) is 7.42. The Balaban J connectivity index is 2.70. The average Bonchev–Trinajstić information content (AvgIpc) is 2.37. The third kappa shape index (κ3) is 4.02. The molecule has 1 atom stereocenters. The quantitative estimate of drug-likeness (QED) is 0.796. The van der Waals surface area contributed by atoms with Crippen molar-refractivity contribution < 1.29 is 4.74 Å². The fraction of sp³-hybridized carbons (Fsp3) is 0.625. The van der Waals surface area contributed by atoms with Crippen LogP contribution in [0.1, 0.15) is 42.9 Å². The van der Waals surface area contributed by atoms with E-state index >= 15 is 0 Å². The van der Waals surface area contributed by atoms with E-state index in [0.717, 1.165) is 12.2 Å². The van der Waals surface area contributed by atoms with Gasteiger partial charge in [0, 0.05) is 6.04 Å². The molecule has 2 heteroatoms. The highest BCUT2D eigenvalue weighted by molar-refractivity contribution is 5.41. The summed E-state index contributed by atoms with van der Waals surface area (Å²) in [6.07, 6.45) is 4.84. The number of hydrogen-bond acceptors (Lipinski definition) is 2. The van der Waals surface area contributed by atoms with Crippen molar-refractivity contribution in [1.82, 2.24) is 5.32 Å². The summed E-state index contributed by atoms with van der Waals surface area (Å²) in [5, 5.41) is 3.41. The molecule has 0 radical (unpaired) electrons. The van der Waals surface area contributed by atoms with Crippen LogP contribution in [-0.4, -0.2) is 20.2 Å². The van der Waals surface area contributed by atoms with Crippen LogP contribution in [0.4, 0.5) is 0 Å². The molecule has 0 spiro atoms. The maximum absolute atomic E-state index is 5.35. The first-order chi connectivity index (χ1) is 8.62. The fourth-order valence-corrected chi connectivity index (χ4v) is 2.45. The molecule has 0 aliphatic carbocycles. The van der Waals surface area contributed by atoms with Gasteiger partial charge in [0.1, 0.15) is 5.75 Å². The van der Waals surface area contributed by atoms with E-state index in [-0.39, 0.29) is 0 Å². The molecule has 1 aromatic carbocycles. The van der Waals surface area contributed by atoms with Crippen LogP contribution >= 0.6 is 0 Å². The Bertz CT molecular complexity index is 374. The van der Waals surface area contributed by atoms with Gasteiger partial charge in [-0.05, 0) is 62.9 Å². The third-order valence-electron chi connectivity index (χ3n) is 3.66. The van der Waals surface area contributed by atoms with Crippen molar-refractivity contribution in [2.75, 3.05) is 14.2 Å². The van der Waals surface area contributed by atoms with Crippen LogP contribution in [-0.2, 0) is 6.42 Å². The first-order valence-corrected chi connectivity index (χ1v) is 6.93. The lowest BCUT2D eigenvalue weighted by Gasteiger charge is -2.17. The van der Waals surface area contributed by atoms with E-state index in [0.29, 0.717) is 6.04 Å². The van der Waals surface area contributed by atoms with Gasteiger partial charge in [-0.1, -0.05) is 19.4 Å². The topological polar surface area (TPSA) is 21.3 Å². The van der Waals surface area contributed by atoms with E-state index in [1.807, 2.05) is 0 Å². The number of rotatable bonds is 7. The molecule has 18 heavy (non-hydrogen) atoms. The molecule has 102 valence electrons. The molecule has 0 aliphatic rings. The highest BCUT2D eigenvalue weighted by Gasteiger charge is 2.08. The lowest BCUT2D eigenvalue weighted by molar-refractivity contribution is 0.411. The second-order valence-corrected chi connectivity index (χ2v) is 5.06. The standard InChI is InChI=1S/C16H27NO/c1-6-7-15(17-4)9-8-14-10-13(3)16(18-5)11-12(14)2/h10-11,15,17H,6-9H2,1-5H3. The van der Waals surface area contributed by atoms with Crippen LogP contribution in [0.2, 0.25) is 0 Å². The normalized spacial score (nSPS) is 12.5. The molecule has 1 aromatic rings. The molecule has 0 aromatic heterocycles. The molecule has 0 bridgehead atoms. The molecule has 0 saturated carbocycles. The fourth-order valence-electron chi connectivity index (χ4n) is 2.45. The van der Waals surface area contributed by atoms with Crippen molar-refractivity contribution in [2.45, 2.75) is 52.5 Å². The summed E-state index contributed by atoms with van der Waals surface area (Å²) in [7, 11) is 3.80. The van der Waals surface area contributed by atoms with Crippen molar-refractivity contribution in [3.05, 3.63) is 28.8 Å². The van der Waals surface area contributed by atoms with Gasteiger partial charge in [-0.25, -0.2) is 0 Å². The van der Waals surface area contributed by atoms with Gasteiger partial charge in [-0.3, -0.25) is 0 Å². The maximum atomic E-state index is 5.35. The monoisotopic (exact) mass is 249 g/mol. The minimum Gasteiger partial charge on any atom is -0.496 e. The lowest BCUT2D eigenvalue weighted by Crippen LogP contribution is -2.25. The van der Waals surface area contributed by atoms with E-state index in [1.165, 1.54) is 36.0 Å². The van der Waals surface area contributed by atoms with E-state index < -0.39 is 0 Å². The molecular formula is C16H27NO. The Labute approximate surface area is 112 Å². The van der Waals surface area contributed by atoms with Crippen LogP contribution in [0.3, 0.4) is 0 Å². The predicted octanol–water partition coefficient (Wildman–Crippen LogP) is 3.63. The van der Waals surface area contributed by atoms with E-state index in [1.54, 1.807) is 7.11 Å². The third-order valence-corrected chi connectivity index (χ3v) is 3.66. The molecule has 1 unspecified atom stereocenters. The van der Waals surface area contributed by atoms with Crippen molar-refractivity contribution in [2.24, 2.45) is 0 Å². The van der Waals surface area contributed by atoms with Gasteiger partial charge in [-0.15, -0.1) is 0 Å². The molecule has 0 aliphatic heterocycles. The van der Waals surface area contributed by atoms with Gasteiger partial charge in [-0.2, -0.15) is 0 Å². The van der Waals surface area contributed by atoms with Crippen LogP contribution in [0.25, 0.3) is 0 Å². The highest BCUT2D eigenvalue weighted by atomic mass is 16.5. The Morgan fingerprint density at radius 3 is 2.44 bits per heavy atom. The van der Waals surface area contributed by atoms with Gasteiger partial charge < -0.3 is 10.1 Å². The second-order valence-electron chi connectivity index (χ2n) is 5.06. The van der Waals surface area contributed by atoms with Crippen LogP contribution in [0, 0.1) is 13.8 Å². The molecular weight excluding hydrogens is 222 g/mol.